The molecule has 1 aromatic heterocycles. The zero-order chi connectivity index (χ0) is 11.8. The van der Waals surface area contributed by atoms with Gasteiger partial charge in [-0.25, -0.2) is 5.01 Å². The van der Waals surface area contributed by atoms with Crippen LogP contribution in [-0.2, 0) is 4.79 Å². The summed E-state index contributed by atoms with van der Waals surface area (Å²) in [6, 6.07) is 3.51. The fraction of sp³-hybridized carbons (Fsp3) is 0.455. The molecule has 1 N–H and O–H groups in total. The Morgan fingerprint density at radius 3 is 2.94 bits per heavy atom. The third-order valence-corrected chi connectivity index (χ3v) is 2.19. The van der Waals surface area contributed by atoms with Gasteiger partial charge >= 0.3 is 0 Å². The topological polar surface area (TPSA) is 66.0 Å². The SMILES string of the molecule is CC(C)(O)CN1N=C(c2ccco2)CC1=O. The number of nitrogens with zero attached hydrogens (tertiary/aromatic N) is 2. The molecule has 0 atom stereocenters. The van der Waals surface area contributed by atoms with Crippen LogP contribution in [-0.4, -0.2) is 33.9 Å². The quantitative estimate of drug-likeness (QED) is 0.829. The lowest BCUT2D eigenvalue weighted by Gasteiger charge is -2.21. The minimum absolute atomic E-state index is 0.117. The van der Waals surface area contributed by atoms with Gasteiger partial charge in [0, 0.05) is 0 Å². The number of hydrogen-bond acceptors (Lipinski definition) is 4. The molecule has 0 spiro atoms. The van der Waals surface area contributed by atoms with Crippen LogP contribution in [0.5, 0.6) is 0 Å². The zero-order valence-electron chi connectivity index (χ0n) is 9.30. The zero-order valence-corrected chi connectivity index (χ0v) is 9.30. The lowest BCUT2D eigenvalue weighted by Crippen LogP contribution is -2.36. The van der Waals surface area contributed by atoms with E-state index in [0.717, 1.165) is 0 Å². The van der Waals surface area contributed by atoms with Gasteiger partial charge in [-0.1, -0.05) is 0 Å². The standard InChI is InChI=1S/C11H14N2O3/c1-11(2,15)7-13-10(14)6-8(12-13)9-4-3-5-16-9/h3-5,15H,6-7H2,1-2H3. The molecule has 0 bridgehead atoms. The van der Waals surface area contributed by atoms with Gasteiger partial charge in [-0.15, -0.1) is 0 Å². The highest BCUT2D eigenvalue weighted by Crippen LogP contribution is 2.17. The van der Waals surface area contributed by atoms with Crippen molar-refractivity contribution in [2.24, 2.45) is 5.10 Å². The van der Waals surface area contributed by atoms with Crippen LogP contribution in [0.25, 0.3) is 0 Å². The van der Waals surface area contributed by atoms with Gasteiger partial charge in [-0.2, -0.15) is 5.10 Å². The number of hydrazone groups is 1. The van der Waals surface area contributed by atoms with E-state index in [2.05, 4.69) is 5.10 Å². The highest BCUT2D eigenvalue weighted by molar-refractivity contribution is 6.12. The summed E-state index contributed by atoms with van der Waals surface area (Å²) < 4.78 is 5.17. The fourth-order valence-electron chi connectivity index (χ4n) is 1.54. The summed E-state index contributed by atoms with van der Waals surface area (Å²) >= 11 is 0. The molecular formula is C11H14N2O3. The van der Waals surface area contributed by atoms with Crippen LogP contribution in [0.3, 0.4) is 0 Å². The monoisotopic (exact) mass is 222 g/mol. The first kappa shape index (κ1) is 10.9. The first-order valence-corrected chi connectivity index (χ1v) is 5.10. The van der Waals surface area contributed by atoms with Gasteiger partial charge < -0.3 is 9.52 Å². The average Bonchev–Trinajstić information content (AvgIpc) is 2.73. The molecule has 1 aromatic rings. The minimum Gasteiger partial charge on any atom is -0.463 e. The Morgan fingerprint density at radius 1 is 1.62 bits per heavy atom. The molecule has 0 saturated heterocycles. The molecule has 86 valence electrons. The van der Waals surface area contributed by atoms with Crippen LogP contribution in [0.15, 0.2) is 27.9 Å². The molecule has 0 fully saturated rings. The number of β-amino-alcohol motifs (C(OH)–C–C–N with tert-alkyl or cyclic N) is 1. The summed E-state index contributed by atoms with van der Waals surface area (Å²) in [5.41, 5.74) is -0.336. The molecule has 1 aliphatic rings. The van der Waals surface area contributed by atoms with Crippen molar-refractivity contribution in [1.82, 2.24) is 5.01 Å². The van der Waals surface area contributed by atoms with E-state index in [-0.39, 0.29) is 18.9 Å². The van der Waals surface area contributed by atoms with Crippen LogP contribution in [0.2, 0.25) is 0 Å². The lowest BCUT2D eigenvalue weighted by atomic mass is 10.1. The minimum atomic E-state index is -0.947. The van der Waals surface area contributed by atoms with Crippen molar-refractivity contribution in [3.63, 3.8) is 0 Å². The summed E-state index contributed by atoms with van der Waals surface area (Å²) in [6.07, 6.45) is 1.77. The number of rotatable bonds is 3. The largest absolute Gasteiger partial charge is 0.463 e. The van der Waals surface area contributed by atoms with Gasteiger partial charge in [0.25, 0.3) is 0 Å². The lowest BCUT2D eigenvalue weighted by molar-refractivity contribution is -0.131. The van der Waals surface area contributed by atoms with E-state index in [9.17, 15) is 9.90 Å². The second-order valence-electron chi connectivity index (χ2n) is 4.46. The Balaban J connectivity index is 2.15. The first-order chi connectivity index (χ1) is 7.46. The molecule has 0 aromatic carbocycles. The summed E-state index contributed by atoms with van der Waals surface area (Å²) in [5.74, 6) is 0.486. The molecule has 0 radical (unpaired) electrons. The Morgan fingerprint density at radius 2 is 2.38 bits per heavy atom. The van der Waals surface area contributed by atoms with Crippen molar-refractivity contribution in [2.45, 2.75) is 25.9 Å². The molecule has 0 saturated carbocycles. The second-order valence-corrected chi connectivity index (χ2v) is 4.46. The predicted molar refractivity (Wildman–Crippen MR) is 57.9 cm³/mol. The number of hydrogen-bond donors (Lipinski definition) is 1. The smallest absolute Gasteiger partial charge is 0.248 e. The highest BCUT2D eigenvalue weighted by atomic mass is 16.3. The van der Waals surface area contributed by atoms with Crippen LogP contribution in [0.4, 0.5) is 0 Å². The van der Waals surface area contributed by atoms with Crippen molar-refractivity contribution in [1.29, 1.82) is 0 Å². The maximum Gasteiger partial charge on any atom is 0.248 e. The van der Waals surface area contributed by atoms with E-state index in [1.807, 2.05) is 0 Å². The molecule has 2 heterocycles. The van der Waals surface area contributed by atoms with Gasteiger partial charge in [-0.3, -0.25) is 4.79 Å². The highest BCUT2D eigenvalue weighted by Gasteiger charge is 2.29. The van der Waals surface area contributed by atoms with E-state index in [1.54, 1.807) is 32.2 Å². The van der Waals surface area contributed by atoms with Crippen LogP contribution >= 0.6 is 0 Å². The number of amides is 1. The molecule has 5 heteroatoms. The maximum absolute atomic E-state index is 11.6. The third kappa shape index (κ3) is 2.30. The van der Waals surface area contributed by atoms with Gasteiger partial charge in [0.05, 0.1) is 24.8 Å². The van der Waals surface area contributed by atoms with Crippen molar-refractivity contribution in [3.8, 4) is 0 Å². The van der Waals surface area contributed by atoms with E-state index in [1.165, 1.54) is 5.01 Å². The number of carbonyl (C=O) groups is 1. The molecule has 0 unspecified atom stereocenters. The van der Waals surface area contributed by atoms with Crippen LogP contribution in [0, 0.1) is 0 Å². The first-order valence-electron chi connectivity index (χ1n) is 5.10. The normalized spacial score (nSPS) is 16.8. The van der Waals surface area contributed by atoms with E-state index in [0.29, 0.717) is 11.5 Å². The molecule has 1 amide bonds. The summed E-state index contributed by atoms with van der Waals surface area (Å²) in [7, 11) is 0. The van der Waals surface area contributed by atoms with Gasteiger partial charge in [0.15, 0.2) is 0 Å². The van der Waals surface area contributed by atoms with Crippen LogP contribution < -0.4 is 0 Å². The predicted octanol–water partition coefficient (Wildman–Crippen LogP) is 0.987. The number of carbonyl (C=O) groups excluding carboxylic acids is 1. The average molecular weight is 222 g/mol. The number of aliphatic hydroxyl groups is 1. The summed E-state index contributed by atoms with van der Waals surface area (Å²) in [5, 5.41) is 15.1. The van der Waals surface area contributed by atoms with Gasteiger partial charge in [-0.05, 0) is 26.0 Å². The molecular weight excluding hydrogens is 208 g/mol. The second kappa shape index (κ2) is 3.75. The molecule has 5 nitrogen and oxygen atoms in total. The maximum atomic E-state index is 11.6. The van der Waals surface area contributed by atoms with Crippen molar-refractivity contribution in [2.75, 3.05) is 6.54 Å². The Hall–Kier alpha value is -1.62. The Kier molecular flexibility index (Phi) is 2.55. The Labute approximate surface area is 93.4 Å². The molecule has 1 aliphatic heterocycles. The molecule has 0 aliphatic carbocycles. The number of furan rings is 1. The van der Waals surface area contributed by atoms with Crippen molar-refractivity contribution >= 4 is 11.6 Å². The van der Waals surface area contributed by atoms with E-state index < -0.39 is 5.60 Å². The van der Waals surface area contributed by atoms with Gasteiger partial charge in [0.2, 0.25) is 5.91 Å². The summed E-state index contributed by atoms with van der Waals surface area (Å²) in [6.45, 7) is 3.47. The van der Waals surface area contributed by atoms with Crippen molar-refractivity contribution in [3.05, 3.63) is 24.2 Å². The Bertz CT molecular complexity index is 415. The fourth-order valence-corrected chi connectivity index (χ4v) is 1.54. The van der Waals surface area contributed by atoms with Crippen LogP contribution in [0.1, 0.15) is 26.0 Å². The molecule has 16 heavy (non-hydrogen) atoms. The van der Waals surface area contributed by atoms with Crippen molar-refractivity contribution < 1.29 is 14.3 Å². The van der Waals surface area contributed by atoms with E-state index in [4.69, 9.17) is 4.42 Å². The molecule has 2 rings (SSSR count). The van der Waals surface area contributed by atoms with E-state index >= 15 is 0 Å². The van der Waals surface area contributed by atoms with Gasteiger partial charge in [0.1, 0.15) is 11.5 Å². The summed E-state index contributed by atoms with van der Waals surface area (Å²) in [4.78, 5) is 11.6. The third-order valence-electron chi connectivity index (χ3n) is 2.19.